The van der Waals surface area contributed by atoms with Crippen molar-refractivity contribution in [3.8, 4) is 0 Å². The van der Waals surface area contributed by atoms with Crippen LogP contribution in [0.4, 0.5) is 15.8 Å². The molecule has 2 aromatic rings. The number of thiocarbonyl (C=S) groups is 1. The van der Waals surface area contributed by atoms with E-state index in [0.29, 0.717) is 9.46 Å². The lowest BCUT2D eigenvalue weighted by Crippen LogP contribution is -2.12. The molecule has 0 atom stereocenters. The van der Waals surface area contributed by atoms with Gasteiger partial charge in [-0.15, -0.1) is 0 Å². The van der Waals surface area contributed by atoms with Gasteiger partial charge in [0.1, 0.15) is 10.8 Å². The first-order chi connectivity index (χ1) is 8.97. The van der Waals surface area contributed by atoms with Gasteiger partial charge in [-0.1, -0.05) is 23.8 Å². The lowest BCUT2D eigenvalue weighted by molar-refractivity contribution is 0.627. The molecule has 0 aliphatic rings. The van der Waals surface area contributed by atoms with Crippen molar-refractivity contribution in [3.63, 3.8) is 0 Å². The Morgan fingerprint density at radius 2 is 1.89 bits per heavy atom. The van der Waals surface area contributed by atoms with E-state index in [2.05, 4.69) is 21.2 Å². The van der Waals surface area contributed by atoms with Crippen LogP contribution < -0.4 is 11.1 Å². The number of hydrogen-bond donors (Lipinski definition) is 2. The molecule has 0 fully saturated rings. The van der Waals surface area contributed by atoms with Crippen molar-refractivity contribution in [2.24, 2.45) is 5.73 Å². The van der Waals surface area contributed by atoms with E-state index in [1.54, 1.807) is 6.07 Å². The molecule has 0 aliphatic heterocycles. The molecule has 19 heavy (non-hydrogen) atoms. The van der Waals surface area contributed by atoms with Crippen LogP contribution >= 0.6 is 28.1 Å². The number of aryl methyl sites for hydroxylation is 1. The third-order valence-electron chi connectivity index (χ3n) is 2.64. The number of anilines is 2. The minimum atomic E-state index is -0.295. The summed E-state index contributed by atoms with van der Waals surface area (Å²) in [4.78, 5) is 0.324. The van der Waals surface area contributed by atoms with Crippen molar-refractivity contribution < 1.29 is 4.39 Å². The molecule has 3 N–H and O–H groups in total. The van der Waals surface area contributed by atoms with E-state index >= 15 is 0 Å². The minimum Gasteiger partial charge on any atom is -0.389 e. The average Bonchev–Trinajstić information content (AvgIpc) is 2.34. The Morgan fingerprint density at radius 1 is 1.21 bits per heavy atom. The van der Waals surface area contributed by atoms with Crippen molar-refractivity contribution in [2.45, 2.75) is 6.92 Å². The van der Waals surface area contributed by atoms with Gasteiger partial charge in [0.25, 0.3) is 0 Å². The fraction of sp³-hybridized carbons (Fsp3) is 0.0714. The molecule has 2 rings (SSSR count). The van der Waals surface area contributed by atoms with E-state index in [9.17, 15) is 4.39 Å². The Hall–Kier alpha value is -1.46. The predicted molar refractivity (Wildman–Crippen MR) is 84.4 cm³/mol. The van der Waals surface area contributed by atoms with Crippen molar-refractivity contribution >= 4 is 44.5 Å². The van der Waals surface area contributed by atoms with Crippen LogP contribution in [0.1, 0.15) is 11.1 Å². The molecule has 0 aliphatic carbocycles. The Balaban J connectivity index is 2.40. The summed E-state index contributed by atoms with van der Waals surface area (Å²) in [5.74, 6) is -0.295. The predicted octanol–water partition coefficient (Wildman–Crippen LogP) is 4.27. The smallest absolute Gasteiger partial charge is 0.124 e. The van der Waals surface area contributed by atoms with E-state index in [0.717, 1.165) is 22.5 Å². The van der Waals surface area contributed by atoms with Gasteiger partial charge in [-0.3, -0.25) is 0 Å². The van der Waals surface area contributed by atoms with E-state index in [4.69, 9.17) is 18.0 Å². The van der Waals surface area contributed by atoms with Crippen LogP contribution in [-0.2, 0) is 0 Å². The summed E-state index contributed by atoms with van der Waals surface area (Å²) in [6.07, 6.45) is 0. The van der Waals surface area contributed by atoms with Crippen LogP contribution in [0.5, 0.6) is 0 Å². The van der Waals surface area contributed by atoms with Crippen LogP contribution in [0.2, 0.25) is 0 Å². The Morgan fingerprint density at radius 3 is 2.53 bits per heavy atom. The second kappa shape index (κ2) is 5.67. The maximum absolute atomic E-state index is 13.0. The van der Waals surface area contributed by atoms with Crippen molar-refractivity contribution in [2.75, 3.05) is 5.32 Å². The van der Waals surface area contributed by atoms with Gasteiger partial charge in [0.05, 0.1) is 5.69 Å². The highest BCUT2D eigenvalue weighted by Crippen LogP contribution is 2.28. The van der Waals surface area contributed by atoms with Crippen LogP contribution in [0.25, 0.3) is 0 Å². The van der Waals surface area contributed by atoms with Crippen LogP contribution in [0.3, 0.4) is 0 Å². The number of rotatable bonds is 3. The highest BCUT2D eigenvalue weighted by Gasteiger charge is 2.08. The lowest BCUT2D eigenvalue weighted by atomic mass is 10.1. The zero-order chi connectivity index (χ0) is 14.0. The fourth-order valence-corrected chi connectivity index (χ4v) is 2.33. The third kappa shape index (κ3) is 3.30. The quantitative estimate of drug-likeness (QED) is 0.820. The number of nitrogens with one attached hydrogen (secondary N) is 1. The third-order valence-corrected chi connectivity index (χ3v) is 3.52. The molecule has 0 aromatic heterocycles. The second-order valence-electron chi connectivity index (χ2n) is 4.16. The zero-order valence-electron chi connectivity index (χ0n) is 10.2. The molecule has 0 unspecified atom stereocenters. The van der Waals surface area contributed by atoms with E-state index in [1.807, 2.05) is 25.1 Å². The zero-order valence-corrected chi connectivity index (χ0v) is 12.6. The summed E-state index contributed by atoms with van der Waals surface area (Å²) in [5, 5.41) is 3.20. The van der Waals surface area contributed by atoms with Gasteiger partial charge in [0.15, 0.2) is 0 Å². The summed E-state index contributed by atoms with van der Waals surface area (Å²) in [6.45, 7) is 1.97. The highest BCUT2D eigenvalue weighted by molar-refractivity contribution is 9.10. The Bertz CT molecular complexity index is 643. The molecule has 0 amide bonds. The number of halogens is 2. The maximum Gasteiger partial charge on any atom is 0.124 e. The van der Waals surface area contributed by atoms with E-state index in [-0.39, 0.29) is 5.82 Å². The monoisotopic (exact) mass is 338 g/mol. The largest absolute Gasteiger partial charge is 0.389 e. The number of hydrogen-bond acceptors (Lipinski definition) is 2. The van der Waals surface area contributed by atoms with Crippen molar-refractivity contribution in [1.82, 2.24) is 0 Å². The first kappa shape index (κ1) is 14.0. The second-order valence-corrected chi connectivity index (χ2v) is 5.46. The van der Waals surface area contributed by atoms with Gasteiger partial charge in [-0.2, -0.15) is 0 Å². The highest BCUT2D eigenvalue weighted by atomic mass is 79.9. The van der Waals surface area contributed by atoms with Gasteiger partial charge in [0, 0.05) is 15.7 Å². The summed E-state index contributed by atoms with van der Waals surface area (Å²) < 4.78 is 13.7. The molecule has 5 heteroatoms. The van der Waals surface area contributed by atoms with E-state index in [1.165, 1.54) is 12.1 Å². The van der Waals surface area contributed by atoms with Crippen LogP contribution in [-0.4, -0.2) is 4.99 Å². The maximum atomic E-state index is 13.0. The normalized spacial score (nSPS) is 10.3. The van der Waals surface area contributed by atoms with Crippen molar-refractivity contribution in [3.05, 3.63) is 57.8 Å². The fourth-order valence-electron chi connectivity index (χ4n) is 1.71. The van der Waals surface area contributed by atoms with Gasteiger partial charge >= 0.3 is 0 Å². The summed E-state index contributed by atoms with van der Waals surface area (Å²) in [5.41, 5.74) is 9.11. The number of benzene rings is 2. The molecule has 0 saturated carbocycles. The minimum absolute atomic E-state index is 0.295. The summed E-state index contributed by atoms with van der Waals surface area (Å²) in [6, 6.07) is 10.2. The molecule has 0 bridgehead atoms. The first-order valence-electron chi connectivity index (χ1n) is 5.60. The molecule has 2 aromatic carbocycles. The number of nitrogens with two attached hydrogens (primary N) is 1. The molecule has 0 radical (unpaired) electrons. The SMILES string of the molecule is Cc1ccc(Nc2ccc(F)cc2Br)c(C(N)=S)c1. The molecule has 0 spiro atoms. The molecule has 98 valence electrons. The van der Waals surface area contributed by atoms with Crippen LogP contribution in [0, 0.1) is 12.7 Å². The van der Waals surface area contributed by atoms with Gasteiger partial charge in [-0.25, -0.2) is 4.39 Å². The Kier molecular flexibility index (Phi) is 4.17. The van der Waals surface area contributed by atoms with E-state index < -0.39 is 0 Å². The van der Waals surface area contributed by atoms with Gasteiger partial charge in [0.2, 0.25) is 0 Å². The topological polar surface area (TPSA) is 38.0 Å². The summed E-state index contributed by atoms with van der Waals surface area (Å²) >= 11 is 8.36. The molecule has 0 heterocycles. The summed E-state index contributed by atoms with van der Waals surface area (Å²) in [7, 11) is 0. The van der Waals surface area contributed by atoms with Gasteiger partial charge < -0.3 is 11.1 Å². The lowest BCUT2D eigenvalue weighted by Gasteiger charge is -2.13. The standard InChI is InChI=1S/C14H12BrFN2S/c1-8-2-4-12(10(6-8)14(17)19)18-13-5-3-9(16)7-11(13)15/h2-7,18H,1H3,(H2,17,19). The van der Waals surface area contributed by atoms with Crippen molar-refractivity contribution in [1.29, 1.82) is 0 Å². The molecule has 0 saturated heterocycles. The molecular weight excluding hydrogens is 327 g/mol. The Labute approximate surface area is 124 Å². The molecule has 2 nitrogen and oxygen atoms in total. The van der Waals surface area contributed by atoms with Gasteiger partial charge in [-0.05, 0) is 53.2 Å². The average molecular weight is 339 g/mol. The van der Waals surface area contributed by atoms with Crippen LogP contribution in [0.15, 0.2) is 40.9 Å². The molecular formula is C14H12BrFN2S. The first-order valence-corrected chi connectivity index (χ1v) is 6.80.